The highest BCUT2D eigenvalue weighted by molar-refractivity contribution is 5.79. The van der Waals surface area contributed by atoms with Gasteiger partial charge in [0, 0.05) is 19.1 Å². The number of carbonyl (C=O) groups excluding carboxylic acids is 1. The molecule has 0 aliphatic rings. The molecule has 0 aliphatic carbocycles. The molecule has 19 heavy (non-hydrogen) atoms. The van der Waals surface area contributed by atoms with Gasteiger partial charge in [-0.3, -0.25) is 4.79 Å². The van der Waals surface area contributed by atoms with Crippen LogP contribution in [0, 0.1) is 5.82 Å². The summed E-state index contributed by atoms with van der Waals surface area (Å²) < 4.78 is 13.1. The molecule has 1 aromatic carbocycles. The zero-order valence-corrected chi connectivity index (χ0v) is 11.7. The summed E-state index contributed by atoms with van der Waals surface area (Å²) in [5, 5.41) is 0. The van der Waals surface area contributed by atoms with E-state index < -0.39 is 0 Å². The fourth-order valence-electron chi connectivity index (χ4n) is 2.30. The molecule has 0 bridgehead atoms. The van der Waals surface area contributed by atoms with Crippen molar-refractivity contribution in [3.8, 4) is 0 Å². The molecule has 0 fully saturated rings. The highest BCUT2D eigenvalue weighted by Gasteiger charge is 2.20. The van der Waals surface area contributed by atoms with Gasteiger partial charge in [-0.25, -0.2) is 4.39 Å². The van der Waals surface area contributed by atoms with Crippen molar-refractivity contribution in [2.75, 3.05) is 13.1 Å². The number of hydrogen-bond donors (Lipinski definition) is 1. The van der Waals surface area contributed by atoms with E-state index in [2.05, 4.69) is 13.8 Å². The molecule has 2 N–H and O–H groups in total. The predicted octanol–water partition coefficient (Wildman–Crippen LogP) is 2.34. The van der Waals surface area contributed by atoms with Gasteiger partial charge in [0.05, 0.1) is 6.42 Å². The van der Waals surface area contributed by atoms with Crippen molar-refractivity contribution in [2.24, 2.45) is 5.73 Å². The topological polar surface area (TPSA) is 46.3 Å². The first-order valence-corrected chi connectivity index (χ1v) is 6.86. The van der Waals surface area contributed by atoms with Crippen LogP contribution in [-0.4, -0.2) is 29.9 Å². The molecule has 0 saturated carbocycles. The molecule has 0 heterocycles. The summed E-state index contributed by atoms with van der Waals surface area (Å²) in [5.41, 5.74) is 6.28. The van der Waals surface area contributed by atoms with Crippen molar-refractivity contribution >= 4 is 5.91 Å². The van der Waals surface area contributed by atoms with Crippen LogP contribution in [0.3, 0.4) is 0 Å². The molecule has 0 radical (unpaired) electrons. The van der Waals surface area contributed by atoms with Gasteiger partial charge in [0.15, 0.2) is 0 Å². The molecular weight excluding hydrogens is 243 g/mol. The van der Waals surface area contributed by atoms with Gasteiger partial charge in [0.2, 0.25) is 5.91 Å². The van der Waals surface area contributed by atoms with E-state index >= 15 is 0 Å². The largest absolute Gasteiger partial charge is 0.338 e. The van der Waals surface area contributed by atoms with Gasteiger partial charge in [0.25, 0.3) is 0 Å². The third-order valence-electron chi connectivity index (χ3n) is 3.32. The van der Waals surface area contributed by atoms with E-state index in [0.717, 1.165) is 12.8 Å². The lowest BCUT2D eigenvalue weighted by atomic mass is 10.1. The Bertz CT molecular complexity index is 405. The quantitative estimate of drug-likeness (QED) is 0.823. The molecule has 1 rings (SSSR count). The molecule has 1 aromatic rings. The maximum absolute atomic E-state index is 13.1. The minimum atomic E-state index is -0.307. The Morgan fingerprint density at radius 2 is 2.05 bits per heavy atom. The number of rotatable bonds is 7. The van der Waals surface area contributed by atoms with Crippen LogP contribution in [-0.2, 0) is 11.2 Å². The third-order valence-corrected chi connectivity index (χ3v) is 3.32. The van der Waals surface area contributed by atoms with Crippen LogP contribution >= 0.6 is 0 Å². The number of carbonyl (C=O) groups is 1. The van der Waals surface area contributed by atoms with Gasteiger partial charge >= 0.3 is 0 Å². The van der Waals surface area contributed by atoms with E-state index in [4.69, 9.17) is 5.73 Å². The second-order valence-electron chi connectivity index (χ2n) is 4.65. The Kier molecular flexibility index (Phi) is 6.50. The highest BCUT2D eigenvalue weighted by Crippen LogP contribution is 2.12. The van der Waals surface area contributed by atoms with Gasteiger partial charge in [-0.15, -0.1) is 0 Å². The summed E-state index contributed by atoms with van der Waals surface area (Å²) in [6, 6.07) is 6.40. The number of nitrogens with zero attached hydrogens (tertiary/aromatic N) is 1. The van der Waals surface area contributed by atoms with Crippen LogP contribution in [0.1, 0.15) is 32.3 Å². The summed E-state index contributed by atoms with van der Waals surface area (Å²) in [6.45, 7) is 5.13. The van der Waals surface area contributed by atoms with Crippen LogP contribution in [0.15, 0.2) is 24.3 Å². The van der Waals surface area contributed by atoms with E-state index in [9.17, 15) is 9.18 Å². The average molecular weight is 266 g/mol. The smallest absolute Gasteiger partial charge is 0.227 e. The summed E-state index contributed by atoms with van der Waals surface area (Å²) in [6.07, 6.45) is 2.05. The van der Waals surface area contributed by atoms with E-state index in [1.165, 1.54) is 12.1 Å². The molecule has 3 nitrogen and oxygen atoms in total. The van der Waals surface area contributed by atoms with Gasteiger partial charge in [-0.2, -0.15) is 0 Å². The standard InChI is InChI=1S/C15H23FN2O/c1-3-14(4-2)18(9-8-17)15(19)11-12-6-5-7-13(16)10-12/h5-7,10,14H,3-4,8-9,11,17H2,1-2H3. The first-order valence-electron chi connectivity index (χ1n) is 6.86. The van der Waals surface area contributed by atoms with E-state index in [0.29, 0.717) is 18.7 Å². The third kappa shape index (κ3) is 4.63. The number of halogens is 1. The second-order valence-corrected chi connectivity index (χ2v) is 4.65. The Morgan fingerprint density at radius 3 is 2.58 bits per heavy atom. The van der Waals surface area contributed by atoms with Crippen molar-refractivity contribution < 1.29 is 9.18 Å². The lowest BCUT2D eigenvalue weighted by Gasteiger charge is -2.30. The number of benzene rings is 1. The van der Waals surface area contributed by atoms with Gasteiger partial charge in [-0.05, 0) is 30.5 Å². The summed E-state index contributed by atoms with van der Waals surface area (Å²) >= 11 is 0. The van der Waals surface area contributed by atoms with Gasteiger partial charge < -0.3 is 10.6 Å². The Hall–Kier alpha value is -1.42. The summed E-state index contributed by atoms with van der Waals surface area (Å²) in [5.74, 6) is -0.289. The van der Waals surface area contributed by atoms with Crippen molar-refractivity contribution in [2.45, 2.75) is 39.2 Å². The summed E-state index contributed by atoms with van der Waals surface area (Å²) in [7, 11) is 0. The van der Waals surface area contributed by atoms with Crippen LogP contribution < -0.4 is 5.73 Å². The average Bonchev–Trinajstić information content (AvgIpc) is 2.39. The van der Waals surface area contributed by atoms with Crippen molar-refractivity contribution in [3.63, 3.8) is 0 Å². The second kappa shape index (κ2) is 7.89. The highest BCUT2D eigenvalue weighted by atomic mass is 19.1. The Balaban J connectivity index is 2.76. The first kappa shape index (κ1) is 15.6. The van der Waals surface area contributed by atoms with Crippen LogP contribution in [0.4, 0.5) is 4.39 Å². The Labute approximate surface area is 114 Å². The minimum Gasteiger partial charge on any atom is -0.338 e. The molecule has 0 spiro atoms. The SMILES string of the molecule is CCC(CC)N(CCN)C(=O)Cc1cccc(F)c1. The number of hydrogen-bond acceptors (Lipinski definition) is 2. The molecule has 0 aromatic heterocycles. The van der Waals surface area contributed by atoms with Crippen LogP contribution in [0.5, 0.6) is 0 Å². The zero-order chi connectivity index (χ0) is 14.3. The minimum absolute atomic E-state index is 0.0183. The van der Waals surface area contributed by atoms with Crippen molar-refractivity contribution in [1.29, 1.82) is 0 Å². The van der Waals surface area contributed by atoms with Gasteiger partial charge in [0.1, 0.15) is 5.82 Å². The van der Waals surface area contributed by atoms with E-state index in [-0.39, 0.29) is 24.2 Å². The van der Waals surface area contributed by atoms with E-state index in [1.807, 2.05) is 4.90 Å². The molecule has 0 atom stereocenters. The first-order chi connectivity index (χ1) is 9.12. The summed E-state index contributed by atoms with van der Waals surface area (Å²) in [4.78, 5) is 14.1. The molecule has 106 valence electrons. The molecular formula is C15H23FN2O. The van der Waals surface area contributed by atoms with Crippen LogP contribution in [0.2, 0.25) is 0 Å². The molecule has 4 heteroatoms. The fraction of sp³-hybridized carbons (Fsp3) is 0.533. The lowest BCUT2D eigenvalue weighted by Crippen LogP contribution is -2.43. The maximum Gasteiger partial charge on any atom is 0.227 e. The number of amides is 1. The van der Waals surface area contributed by atoms with Crippen molar-refractivity contribution in [1.82, 2.24) is 4.90 Å². The van der Waals surface area contributed by atoms with E-state index in [1.54, 1.807) is 12.1 Å². The molecule has 1 amide bonds. The maximum atomic E-state index is 13.1. The van der Waals surface area contributed by atoms with Crippen molar-refractivity contribution in [3.05, 3.63) is 35.6 Å². The Morgan fingerprint density at radius 1 is 1.37 bits per heavy atom. The molecule has 0 unspecified atom stereocenters. The zero-order valence-electron chi connectivity index (χ0n) is 11.7. The number of nitrogens with two attached hydrogens (primary N) is 1. The fourth-order valence-corrected chi connectivity index (χ4v) is 2.30. The lowest BCUT2D eigenvalue weighted by molar-refractivity contribution is -0.132. The molecule has 0 aliphatic heterocycles. The predicted molar refractivity (Wildman–Crippen MR) is 75.2 cm³/mol. The van der Waals surface area contributed by atoms with Crippen LogP contribution in [0.25, 0.3) is 0 Å². The van der Waals surface area contributed by atoms with Gasteiger partial charge in [-0.1, -0.05) is 26.0 Å². The molecule has 0 saturated heterocycles. The normalized spacial score (nSPS) is 10.8. The monoisotopic (exact) mass is 266 g/mol.